The molecule has 6 heteroatoms. The third-order valence-corrected chi connectivity index (χ3v) is 5.11. The highest BCUT2D eigenvalue weighted by Crippen LogP contribution is 2.34. The number of nitrogens with zero attached hydrogens (tertiary/aromatic N) is 3. The number of carbonyl (C=O) groups is 1. The van der Waals surface area contributed by atoms with Crippen LogP contribution in [0.2, 0.25) is 0 Å². The number of thioether (sulfide) groups is 1. The van der Waals surface area contributed by atoms with Crippen molar-refractivity contribution in [3.05, 3.63) is 65.9 Å². The van der Waals surface area contributed by atoms with Gasteiger partial charge in [0.25, 0.3) is 5.91 Å². The Labute approximate surface area is 150 Å². The number of aliphatic imine (C=N–C) groups is 1. The number of carbonyl (C=O) groups excluding carboxylic acids is 1. The topological polar surface area (TPSA) is 45.1 Å². The van der Waals surface area contributed by atoms with Crippen LogP contribution in [-0.2, 0) is 4.79 Å². The van der Waals surface area contributed by atoms with E-state index in [4.69, 9.17) is 4.74 Å². The average molecular weight is 351 g/mol. The number of hydrogen-bond acceptors (Lipinski definition) is 5. The highest BCUT2D eigenvalue weighted by atomic mass is 32.2. The molecule has 0 radical (unpaired) electrons. The van der Waals surface area contributed by atoms with Crippen LogP contribution in [0.25, 0.3) is 6.08 Å². The quantitative estimate of drug-likeness (QED) is 0.795. The zero-order chi connectivity index (χ0) is 17.2. The maximum atomic E-state index is 12.7. The molecule has 0 aliphatic carbocycles. The fourth-order valence-corrected chi connectivity index (χ4v) is 3.81. The first-order valence-electron chi connectivity index (χ1n) is 7.94. The van der Waals surface area contributed by atoms with Crippen molar-refractivity contribution in [2.45, 2.75) is 0 Å². The zero-order valence-electron chi connectivity index (χ0n) is 13.8. The molecule has 0 N–H and O–H groups in total. The normalized spacial score (nSPS) is 18.4. The van der Waals surface area contributed by atoms with Crippen molar-refractivity contribution in [3.63, 3.8) is 0 Å². The molecule has 0 spiro atoms. The highest BCUT2D eigenvalue weighted by molar-refractivity contribution is 8.14. The standard InChI is InChI=1S/C19H17N3O2S/c1-24-17-10-6-5-9-16(17)21-12-22-18(23)15(20-19(22)25-13-21)11-14-7-3-2-4-8-14/h2-11H,12-13H2,1H3. The largest absolute Gasteiger partial charge is 0.495 e. The highest BCUT2D eigenvalue weighted by Gasteiger charge is 2.35. The van der Waals surface area contributed by atoms with Crippen LogP contribution in [0, 0.1) is 0 Å². The molecular weight excluding hydrogens is 334 g/mol. The van der Waals surface area contributed by atoms with Gasteiger partial charge in [0, 0.05) is 0 Å². The smallest absolute Gasteiger partial charge is 0.280 e. The van der Waals surface area contributed by atoms with Crippen LogP contribution in [0.1, 0.15) is 5.56 Å². The Hall–Kier alpha value is -2.73. The van der Waals surface area contributed by atoms with E-state index in [0.29, 0.717) is 12.4 Å². The van der Waals surface area contributed by atoms with Gasteiger partial charge in [-0.1, -0.05) is 54.2 Å². The summed E-state index contributed by atoms with van der Waals surface area (Å²) in [6.45, 7) is 0.469. The van der Waals surface area contributed by atoms with E-state index in [0.717, 1.165) is 28.0 Å². The van der Waals surface area contributed by atoms with Crippen LogP contribution in [0.5, 0.6) is 5.75 Å². The summed E-state index contributed by atoms with van der Waals surface area (Å²) in [5.74, 6) is 1.46. The summed E-state index contributed by atoms with van der Waals surface area (Å²) in [6, 6.07) is 17.6. The van der Waals surface area contributed by atoms with Crippen LogP contribution in [0.4, 0.5) is 5.69 Å². The second-order valence-electron chi connectivity index (χ2n) is 5.69. The lowest BCUT2D eigenvalue weighted by molar-refractivity contribution is -0.122. The summed E-state index contributed by atoms with van der Waals surface area (Å²) >= 11 is 1.56. The van der Waals surface area contributed by atoms with Crippen LogP contribution in [0.15, 0.2) is 65.3 Å². The lowest BCUT2D eigenvalue weighted by Gasteiger charge is -2.34. The van der Waals surface area contributed by atoms with Crippen molar-refractivity contribution in [2.24, 2.45) is 4.99 Å². The van der Waals surface area contributed by atoms with Crippen molar-refractivity contribution < 1.29 is 9.53 Å². The number of methoxy groups -OCH3 is 1. The van der Waals surface area contributed by atoms with Gasteiger partial charge in [0.15, 0.2) is 5.17 Å². The third-order valence-electron chi connectivity index (χ3n) is 4.10. The summed E-state index contributed by atoms with van der Waals surface area (Å²) in [5.41, 5.74) is 2.43. The van der Waals surface area contributed by atoms with E-state index in [2.05, 4.69) is 9.89 Å². The van der Waals surface area contributed by atoms with E-state index in [1.165, 1.54) is 0 Å². The lowest BCUT2D eigenvalue weighted by atomic mass is 10.2. The minimum Gasteiger partial charge on any atom is -0.495 e. The molecule has 0 bridgehead atoms. The van der Waals surface area contributed by atoms with Crippen LogP contribution >= 0.6 is 11.8 Å². The number of rotatable bonds is 3. The Morgan fingerprint density at radius 1 is 1.12 bits per heavy atom. The maximum absolute atomic E-state index is 12.7. The minimum atomic E-state index is -0.0639. The number of anilines is 1. The predicted molar refractivity (Wildman–Crippen MR) is 101 cm³/mol. The van der Waals surface area contributed by atoms with Gasteiger partial charge in [0.1, 0.15) is 18.1 Å². The molecule has 2 aliphatic heterocycles. The van der Waals surface area contributed by atoms with Crippen molar-refractivity contribution in [1.82, 2.24) is 4.90 Å². The number of ether oxygens (including phenoxy) is 1. The van der Waals surface area contributed by atoms with Gasteiger partial charge in [0.2, 0.25) is 0 Å². The zero-order valence-corrected chi connectivity index (χ0v) is 14.6. The Kier molecular flexibility index (Phi) is 4.19. The fourth-order valence-electron chi connectivity index (χ4n) is 2.86. The van der Waals surface area contributed by atoms with Gasteiger partial charge in [-0.25, -0.2) is 4.99 Å². The molecule has 2 aliphatic rings. The van der Waals surface area contributed by atoms with Crippen molar-refractivity contribution in [2.75, 3.05) is 24.6 Å². The Bertz CT molecular complexity index is 864. The molecule has 0 aromatic heterocycles. The second-order valence-corrected chi connectivity index (χ2v) is 6.61. The maximum Gasteiger partial charge on any atom is 0.280 e. The van der Waals surface area contributed by atoms with E-state index in [9.17, 15) is 4.79 Å². The first kappa shape index (κ1) is 15.8. The molecule has 1 saturated heterocycles. The first-order chi connectivity index (χ1) is 12.3. The van der Waals surface area contributed by atoms with Crippen LogP contribution in [0.3, 0.4) is 0 Å². The van der Waals surface area contributed by atoms with Gasteiger partial charge in [-0.15, -0.1) is 0 Å². The Morgan fingerprint density at radius 2 is 1.88 bits per heavy atom. The van der Waals surface area contributed by atoms with Gasteiger partial charge in [-0.2, -0.15) is 0 Å². The lowest BCUT2D eigenvalue weighted by Crippen LogP contribution is -2.46. The van der Waals surface area contributed by atoms with Gasteiger partial charge in [0.05, 0.1) is 18.7 Å². The second kappa shape index (κ2) is 6.64. The molecular formula is C19H17N3O2S. The molecule has 1 fully saturated rings. The Morgan fingerprint density at radius 3 is 2.68 bits per heavy atom. The summed E-state index contributed by atoms with van der Waals surface area (Å²) in [6.07, 6.45) is 1.83. The number of hydrogen-bond donors (Lipinski definition) is 0. The van der Waals surface area contributed by atoms with Gasteiger partial charge in [-0.05, 0) is 23.8 Å². The number of amides is 1. The first-order valence-corrected chi connectivity index (χ1v) is 8.93. The van der Waals surface area contributed by atoms with Crippen molar-refractivity contribution in [1.29, 1.82) is 0 Å². The van der Waals surface area contributed by atoms with E-state index in [1.807, 2.05) is 60.7 Å². The number of amidine groups is 1. The monoisotopic (exact) mass is 351 g/mol. The number of benzene rings is 2. The summed E-state index contributed by atoms with van der Waals surface area (Å²) in [5, 5.41) is 0.762. The van der Waals surface area contributed by atoms with Crippen LogP contribution in [-0.4, -0.2) is 35.6 Å². The Balaban J connectivity index is 1.58. The fraction of sp³-hybridized carbons (Fsp3) is 0.158. The van der Waals surface area contributed by atoms with Crippen LogP contribution < -0.4 is 9.64 Å². The number of para-hydroxylation sites is 2. The molecule has 126 valence electrons. The molecule has 0 saturated carbocycles. The summed E-state index contributed by atoms with van der Waals surface area (Å²) in [4.78, 5) is 21.1. The van der Waals surface area contributed by atoms with E-state index < -0.39 is 0 Å². The van der Waals surface area contributed by atoms with Gasteiger partial charge < -0.3 is 9.64 Å². The van der Waals surface area contributed by atoms with Crippen molar-refractivity contribution in [3.8, 4) is 5.75 Å². The average Bonchev–Trinajstić information content (AvgIpc) is 2.97. The van der Waals surface area contributed by atoms with Crippen molar-refractivity contribution >= 4 is 34.6 Å². The molecule has 1 amide bonds. The minimum absolute atomic E-state index is 0.0639. The summed E-state index contributed by atoms with van der Waals surface area (Å²) < 4.78 is 5.44. The molecule has 0 atom stereocenters. The molecule has 5 nitrogen and oxygen atoms in total. The number of fused-ring (bicyclic) bond motifs is 1. The van der Waals surface area contributed by atoms with E-state index in [1.54, 1.807) is 23.8 Å². The molecule has 2 heterocycles. The molecule has 2 aromatic rings. The molecule has 25 heavy (non-hydrogen) atoms. The molecule has 2 aromatic carbocycles. The molecule has 4 rings (SSSR count). The SMILES string of the molecule is COc1ccccc1N1CSC2=NC(=Cc3ccccc3)C(=O)N2C1. The summed E-state index contributed by atoms with van der Waals surface area (Å²) in [7, 11) is 1.66. The van der Waals surface area contributed by atoms with Gasteiger partial charge in [-0.3, -0.25) is 9.69 Å². The van der Waals surface area contributed by atoms with E-state index >= 15 is 0 Å². The van der Waals surface area contributed by atoms with Gasteiger partial charge >= 0.3 is 0 Å². The third kappa shape index (κ3) is 3.00. The molecule has 0 unspecified atom stereocenters. The van der Waals surface area contributed by atoms with E-state index in [-0.39, 0.29) is 5.91 Å². The predicted octanol–water partition coefficient (Wildman–Crippen LogP) is 3.40.